The molecule has 0 bridgehead atoms. The van der Waals surface area contributed by atoms with Crippen LogP contribution in [0.1, 0.15) is 32.0 Å². The molecule has 1 aliphatic heterocycles. The molecule has 4 N–H and O–H groups in total. The molecule has 2 aromatic carbocycles. The van der Waals surface area contributed by atoms with Gasteiger partial charge in [0.1, 0.15) is 17.6 Å². The van der Waals surface area contributed by atoms with Gasteiger partial charge in [0.05, 0.1) is 16.8 Å². The number of aromatic nitrogens is 3. The number of aromatic amines is 1. The fourth-order valence-corrected chi connectivity index (χ4v) is 4.97. The van der Waals surface area contributed by atoms with Crippen molar-refractivity contribution in [3.63, 3.8) is 0 Å². The van der Waals surface area contributed by atoms with Gasteiger partial charge in [-0.15, -0.1) is 11.3 Å². The van der Waals surface area contributed by atoms with E-state index in [2.05, 4.69) is 37.0 Å². The number of hydrogen-bond donors (Lipinski definition) is 4. The summed E-state index contributed by atoms with van der Waals surface area (Å²) >= 11 is 1.67. The van der Waals surface area contributed by atoms with Crippen molar-refractivity contribution in [2.75, 3.05) is 11.9 Å². The summed E-state index contributed by atoms with van der Waals surface area (Å²) in [5.74, 6) is -0.383. The molecule has 0 aliphatic carbocycles. The second kappa shape index (κ2) is 9.36. The van der Waals surface area contributed by atoms with Crippen LogP contribution >= 0.6 is 11.3 Å². The standard InChI is InChI=1S/C26H20N6O4S/c33-21-12-36-19-3-1-15(8-18(19)32-21)10-29-26(35)24-23-22(30-13-31-24)17(11-27-23)25(34)28-9-14-2-4-20-16(7-14)5-6-37-20/h1-8,11,13,27H,9-10,12H2,(H,28,34)(H,29,35)(H,32,33). The zero-order chi connectivity index (χ0) is 25.4. The Morgan fingerprint density at radius 1 is 1.00 bits per heavy atom. The van der Waals surface area contributed by atoms with Gasteiger partial charge in [-0.25, -0.2) is 9.97 Å². The summed E-state index contributed by atoms with van der Waals surface area (Å²) in [4.78, 5) is 48.7. The highest BCUT2D eigenvalue weighted by Crippen LogP contribution is 2.28. The third kappa shape index (κ3) is 4.47. The van der Waals surface area contributed by atoms with Gasteiger partial charge in [0, 0.05) is 24.0 Å². The number of carbonyl (C=O) groups is 3. The number of anilines is 1. The summed E-state index contributed by atoms with van der Waals surface area (Å²) < 4.78 is 6.55. The molecule has 3 aromatic heterocycles. The second-order valence-corrected chi connectivity index (χ2v) is 9.42. The molecule has 184 valence electrons. The fraction of sp³-hybridized carbons (Fsp3) is 0.115. The molecule has 10 nitrogen and oxygen atoms in total. The molecule has 11 heteroatoms. The van der Waals surface area contributed by atoms with Gasteiger partial charge in [-0.2, -0.15) is 0 Å². The van der Waals surface area contributed by atoms with E-state index in [-0.39, 0.29) is 30.7 Å². The monoisotopic (exact) mass is 512 g/mol. The Bertz CT molecular complexity index is 1690. The van der Waals surface area contributed by atoms with Crippen molar-refractivity contribution >= 4 is 55.9 Å². The first kappa shape index (κ1) is 22.7. The number of nitrogens with one attached hydrogen (secondary N) is 4. The summed E-state index contributed by atoms with van der Waals surface area (Å²) in [5.41, 5.74) is 3.51. The van der Waals surface area contributed by atoms with Crippen LogP contribution in [0.5, 0.6) is 5.75 Å². The SMILES string of the molecule is O=C1COc2ccc(CNC(=O)c3ncnc4c(C(=O)NCc5ccc6sccc6c5)c[nH]c34)cc2N1. The molecule has 0 saturated carbocycles. The van der Waals surface area contributed by atoms with Crippen LogP contribution in [-0.4, -0.2) is 39.3 Å². The van der Waals surface area contributed by atoms with Crippen LogP contribution in [-0.2, 0) is 17.9 Å². The minimum absolute atomic E-state index is 0.0200. The van der Waals surface area contributed by atoms with Crippen molar-refractivity contribution < 1.29 is 19.1 Å². The van der Waals surface area contributed by atoms with Gasteiger partial charge in [0.25, 0.3) is 17.7 Å². The molecule has 0 radical (unpaired) electrons. The summed E-state index contributed by atoms with van der Waals surface area (Å²) in [6.45, 7) is 0.547. The minimum Gasteiger partial charge on any atom is -0.482 e. The third-order valence-corrected chi connectivity index (χ3v) is 6.92. The summed E-state index contributed by atoms with van der Waals surface area (Å²) in [5, 5.41) is 11.7. The molecule has 0 atom stereocenters. The van der Waals surface area contributed by atoms with Crippen molar-refractivity contribution in [3.8, 4) is 5.75 Å². The first-order valence-corrected chi connectivity index (χ1v) is 12.3. The van der Waals surface area contributed by atoms with Gasteiger partial charge in [-0.1, -0.05) is 12.1 Å². The Hall–Kier alpha value is -4.77. The van der Waals surface area contributed by atoms with E-state index in [9.17, 15) is 14.4 Å². The molecule has 3 amide bonds. The number of thiophene rings is 1. The van der Waals surface area contributed by atoms with E-state index in [1.54, 1.807) is 29.5 Å². The smallest absolute Gasteiger partial charge is 0.272 e. The number of hydrogen-bond acceptors (Lipinski definition) is 7. The van der Waals surface area contributed by atoms with E-state index in [1.807, 2.05) is 23.6 Å². The lowest BCUT2D eigenvalue weighted by Crippen LogP contribution is -2.26. The maximum Gasteiger partial charge on any atom is 0.272 e. The third-order valence-electron chi connectivity index (χ3n) is 6.02. The predicted molar refractivity (Wildman–Crippen MR) is 139 cm³/mol. The van der Waals surface area contributed by atoms with E-state index < -0.39 is 5.91 Å². The molecule has 0 spiro atoms. The number of ether oxygens (including phenoxy) is 1. The minimum atomic E-state index is -0.428. The average molecular weight is 513 g/mol. The number of H-pyrrole nitrogens is 1. The largest absolute Gasteiger partial charge is 0.482 e. The quantitative estimate of drug-likeness (QED) is 0.275. The van der Waals surface area contributed by atoms with Gasteiger partial charge in [0.2, 0.25) is 0 Å². The number of carbonyl (C=O) groups excluding carboxylic acids is 3. The normalized spacial score (nSPS) is 12.6. The Balaban J connectivity index is 1.15. The van der Waals surface area contributed by atoms with Crippen LogP contribution in [0.25, 0.3) is 21.1 Å². The van der Waals surface area contributed by atoms with Crippen molar-refractivity contribution in [1.29, 1.82) is 0 Å². The van der Waals surface area contributed by atoms with E-state index in [0.717, 1.165) is 16.5 Å². The molecule has 0 saturated heterocycles. The summed E-state index contributed by atoms with van der Waals surface area (Å²) in [7, 11) is 0. The first-order valence-electron chi connectivity index (χ1n) is 11.5. The van der Waals surface area contributed by atoms with E-state index >= 15 is 0 Å². The number of benzene rings is 2. The topological polar surface area (TPSA) is 138 Å². The van der Waals surface area contributed by atoms with Crippen LogP contribution < -0.4 is 20.7 Å². The highest BCUT2D eigenvalue weighted by Gasteiger charge is 2.20. The summed E-state index contributed by atoms with van der Waals surface area (Å²) in [6.07, 6.45) is 2.79. The molecular formula is C26H20N6O4S. The van der Waals surface area contributed by atoms with Crippen LogP contribution in [0.15, 0.2) is 60.4 Å². The van der Waals surface area contributed by atoms with Crippen LogP contribution in [0, 0.1) is 0 Å². The van der Waals surface area contributed by atoms with E-state index in [4.69, 9.17) is 4.74 Å². The van der Waals surface area contributed by atoms with Gasteiger partial charge >= 0.3 is 0 Å². The van der Waals surface area contributed by atoms with Gasteiger partial charge < -0.3 is 25.7 Å². The molecule has 5 aromatic rings. The highest BCUT2D eigenvalue weighted by molar-refractivity contribution is 7.17. The summed E-state index contributed by atoms with van der Waals surface area (Å²) in [6, 6.07) is 13.4. The number of nitrogens with zero attached hydrogens (tertiary/aromatic N) is 2. The Kier molecular flexibility index (Phi) is 5.73. The first-order chi connectivity index (χ1) is 18.0. The molecule has 0 fully saturated rings. The van der Waals surface area contributed by atoms with Crippen molar-refractivity contribution in [1.82, 2.24) is 25.6 Å². The second-order valence-electron chi connectivity index (χ2n) is 8.47. The number of amides is 3. The van der Waals surface area contributed by atoms with Crippen molar-refractivity contribution in [2.24, 2.45) is 0 Å². The zero-order valence-electron chi connectivity index (χ0n) is 19.3. The Labute approximate surface area is 214 Å². The molecule has 0 unspecified atom stereocenters. The fourth-order valence-electron chi connectivity index (χ4n) is 4.19. The van der Waals surface area contributed by atoms with E-state index in [1.165, 1.54) is 17.2 Å². The molecule has 37 heavy (non-hydrogen) atoms. The lowest BCUT2D eigenvalue weighted by atomic mass is 10.1. The van der Waals surface area contributed by atoms with Crippen LogP contribution in [0.3, 0.4) is 0 Å². The molecule has 1 aliphatic rings. The van der Waals surface area contributed by atoms with Gasteiger partial charge in [0.15, 0.2) is 12.3 Å². The Morgan fingerprint density at radius 3 is 2.70 bits per heavy atom. The van der Waals surface area contributed by atoms with Crippen molar-refractivity contribution in [3.05, 3.63) is 82.8 Å². The van der Waals surface area contributed by atoms with Crippen molar-refractivity contribution in [2.45, 2.75) is 13.1 Å². The molecular weight excluding hydrogens is 492 g/mol. The van der Waals surface area contributed by atoms with Gasteiger partial charge in [-0.05, 0) is 52.2 Å². The number of fused-ring (bicyclic) bond motifs is 3. The predicted octanol–water partition coefficient (Wildman–Crippen LogP) is 3.36. The number of rotatable bonds is 6. The van der Waals surface area contributed by atoms with E-state index in [0.29, 0.717) is 34.6 Å². The van der Waals surface area contributed by atoms with Crippen LogP contribution in [0.4, 0.5) is 5.69 Å². The van der Waals surface area contributed by atoms with Gasteiger partial charge in [-0.3, -0.25) is 14.4 Å². The van der Waals surface area contributed by atoms with Crippen LogP contribution in [0.2, 0.25) is 0 Å². The molecule has 6 rings (SSSR count). The molecule has 4 heterocycles. The Morgan fingerprint density at radius 2 is 1.81 bits per heavy atom. The lowest BCUT2D eigenvalue weighted by Gasteiger charge is -2.18. The maximum absolute atomic E-state index is 12.9. The highest BCUT2D eigenvalue weighted by atomic mass is 32.1. The zero-order valence-corrected chi connectivity index (χ0v) is 20.1. The lowest BCUT2D eigenvalue weighted by molar-refractivity contribution is -0.118. The average Bonchev–Trinajstić information content (AvgIpc) is 3.57. The maximum atomic E-state index is 12.9.